The Hall–Kier alpha value is -1.39. The van der Waals surface area contributed by atoms with Crippen LogP contribution < -0.4 is 5.32 Å². The Labute approximate surface area is 88.9 Å². The minimum atomic E-state index is -1.10. The van der Waals surface area contributed by atoms with Crippen LogP contribution in [0, 0.1) is 5.41 Å². The molecule has 5 nitrogen and oxygen atoms in total. The van der Waals surface area contributed by atoms with Crippen molar-refractivity contribution < 1.29 is 19.5 Å². The number of Topliss-reactive ketones (excluding diaryl/α,β-unsaturated/α-hetero) is 1. The summed E-state index contributed by atoms with van der Waals surface area (Å²) in [5, 5.41) is 11.2. The summed E-state index contributed by atoms with van der Waals surface area (Å²) in [5.74, 6) is -1.94. The number of hydrogen-bond acceptors (Lipinski definition) is 3. The van der Waals surface area contributed by atoms with Gasteiger partial charge in [0, 0.05) is 0 Å². The van der Waals surface area contributed by atoms with Crippen molar-refractivity contribution in [2.45, 2.75) is 40.2 Å². The Kier molecular flexibility index (Phi) is 4.45. The van der Waals surface area contributed by atoms with Crippen molar-refractivity contribution in [1.29, 1.82) is 0 Å². The van der Waals surface area contributed by atoms with E-state index >= 15 is 0 Å². The Balaban J connectivity index is 4.51. The molecule has 0 aromatic carbocycles. The van der Waals surface area contributed by atoms with Gasteiger partial charge in [-0.3, -0.25) is 9.59 Å². The summed E-state index contributed by atoms with van der Waals surface area (Å²) >= 11 is 0. The molecule has 86 valence electrons. The molecule has 0 heterocycles. The second-order valence-electron chi connectivity index (χ2n) is 4.58. The Morgan fingerprint density at radius 1 is 1.27 bits per heavy atom. The van der Waals surface area contributed by atoms with E-state index in [0.717, 1.165) is 0 Å². The van der Waals surface area contributed by atoms with Gasteiger partial charge >= 0.3 is 5.97 Å². The maximum Gasteiger partial charge on any atom is 0.326 e. The minimum Gasteiger partial charge on any atom is -0.480 e. The monoisotopic (exact) mass is 215 g/mol. The highest BCUT2D eigenvalue weighted by atomic mass is 16.4. The number of hydrogen-bond donors (Lipinski definition) is 2. The van der Waals surface area contributed by atoms with E-state index in [-0.39, 0.29) is 12.2 Å². The predicted octanol–water partition coefficient (Wildman–Crippen LogP) is 0.581. The summed E-state index contributed by atoms with van der Waals surface area (Å²) in [6, 6.07) is -0.982. The van der Waals surface area contributed by atoms with Gasteiger partial charge in [0.2, 0.25) is 5.91 Å². The van der Waals surface area contributed by atoms with Crippen molar-refractivity contribution >= 4 is 17.7 Å². The van der Waals surface area contributed by atoms with Crippen LogP contribution in [0.15, 0.2) is 0 Å². The molecule has 1 atom stereocenters. The van der Waals surface area contributed by atoms with Gasteiger partial charge in [-0.1, -0.05) is 20.8 Å². The van der Waals surface area contributed by atoms with Gasteiger partial charge in [-0.2, -0.15) is 0 Å². The highest BCUT2D eigenvalue weighted by Crippen LogP contribution is 2.19. The molecule has 0 aliphatic heterocycles. The van der Waals surface area contributed by atoms with Gasteiger partial charge in [-0.15, -0.1) is 0 Å². The van der Waals surface area contributed by atoms with Crippen LogP contribution in [0.25, 0.3) is 0 Å². The first kappa shape index (κ1) is 13.6. The van der Waals surface area contributed by atoms with Crippen LogP contribution in [-0.4, -0.2) is 28.8 Å². The van der Waals surface area contributed by atoms with Gasteiger partial charge < -0.3 is 10.4 Å². The van der Waals surface area contributed by atoms with Gasteiger partial charge in [0.1, 0.15) is 11.8 Å². The molecule has 0 fully saturated rings. The molecule has 0 aromatic rings. The van der Waals surface area contributed by atoms with Crippen LogP contribution in [0.5, 0.6) is 0 Å². The number of carbonyl (C=O) groups excluding carboxylic acids is 2. The normalized spacial score (nSPS) is 13.1. The Morgan fingerprint density at radius 3 is 2.00 bits per heavy atom. The highest BCUT2D eigenvalue weighted by molar-refractivity contribution is 5.98. The average molecular weight is 215 g/mol. The number of amides is 1. The number of carbonyl (C=O) groups is 3. The fraction of sp³-hybridized carbons (Fsp3) is 0.700. The van der Waals surface area contributed by atoms with Crippen molar-refractivity contribution in [3.63, 3.8) is 0 Å². The molecule has 0 bridgehead atoms. The molecular weight excluding hydrogens is 198 g/mol. The molecule has 15 heavy (non-hydrogen) atoms. The maximum atomic E-state index is 11.2. The van der Waals surface area contributed by atoms with E-state index in [9.17, 15) is 14.4 Å². The van der Waals surface area contributed by atoms with Crippen LogP contribution in [-0.2, 0) is 14.4 Å². The third-order valence-corrected chi connectivity index (χ3v) is 1.83. The number of nitrogens with one attached hydrogen (secondary N) is 1. The van der Waals surface area contributed by atoms with Gasteiger partial charge in [0.15, 0.2) is 0 Å². The molecule has 0 spiro atoms. The molecule has 0 saturated heterocycles. The Morgan fingerprint density at radius 2 is 1.73 bits per heavy atom. The molecule has 0 aromatic heterocycles. The summed E-state index contributed by atoms with van der Waals surface area (Å²) < 4.78 is 0. The SMILES string of the molecule is CC(=O)CC(=O)NC(C(=O)O)C(C)(C)C. The number of ketones is 1. The molecule has 0 radical (unpaired) electrons. The minimum absolute atomic E-state index is 0.278. The van der Waals surface area contributed by atoms with Gasteiger partial charge in [-0.05, 0) is 12.3 Å². The van der Waals surface area contributed by atoms with Gasteiger partial charge in [0.05, 0.1) is 6.42 Å². The van der Waals surface area contributed by atoms with Crippen LogP contribution in [0.3, 0.4) is 0 Å². The second-order valence-corrected chi connectivity index (χ2v) is 4.58. The summed E-state index contributed by atoms with van der Waals surface area (Å²) in [4.78, 5) is 32.7. The van der Waals surface area contributed by atoms with Crippen molar-refractivity contribution in [1.82, 2.24) is 5.32 Å². The van der Waals surface area contributed by atoms with E-state index in [1.54, 1.807) is 20.8 Å². The first-order chi connectivity index (χ1) is 6.64. The van der Waals surface area contributed by atoms with Crippen LogP contribution in [0.1, 0.15) is 34.1 Å². The van der Waals surface area contributed by atoms with Crippen molar-refractivity contribution in [3.8, 4) is 0 Å². The maximum absolute atomic E-state index is 11.2. The molecule has 2 N–H and O–H groups in total. The third kappa shape index (κ3) is 5.15. The molecule has 1 amide bonds. The van der Waals surface area contributed by atoms with Crippen LogP contribution >= 0.6 is 0 Å². The smallest absolute Gasteiger partial charge is 0.326 e. The fourth-order valence-corrected chi connectivity index (χ4v) is 1.09. The van der Waals surface area contributed by atoms with Crippen molar-refractivity contribution in [2.75, 3.05) is 0 Å². The lowest BCUT2D eigenvalue weighted by Gasteiger charge is -2.27. The highest BCUT2D eigenvalue weighted by Gasteiger charge is 2.32. The molecule has 0 aliphatic carbocycles. The largest absolute Gasteiger partial charge is 0.480 e. The standard InChI is InChI=1S/C10H17NO4/c1-6(12)5-7(13)11-8(9(14)15)10(2,3)4/h8H,5H2,1-4H3,(H,11,13)(H,14,15). The second kappa shape index (κ2) is 4.91. The zero-order valence-corrected chi connectivity index (χ0v) is 9.46. The number of rotatable bonds is 4. The van der Waals surface area contributed by atoms with E-state index in [0.29, 0.717) is 0 Å². The van der Waals surface area contributed by atoms with E-state index in [1.165, 1.54) is 6.92 Å². The summed E-state index contributed by atoms with van der Waals surface area (Å²) in [6.45, 7) is 6.41. The predicted molar refractivity (Wildman–Crippen MR) is 54.3 cm³/mol. The first-order valence-corrected chi connectivity index (χ1v) is 4.66. The van der Waals surface area contributed by atoms with E-state index in [4.69, 9.17) is 5.11 Å². The quantitative estimate of drug-likeness (QED) is 0.672. The zero-order valence-electron chi connectivity index (χ0n) is 9.46. The molecule has 1 unspecified atom stereocenters. The first-order valence-electron chi connectivity index (χ1n) is 4.66. The lowest BCUT2D eigenvalue weighted by Crippen LogP contribution is -2.49. The zero-order chi connectivity index (χ0) is 12.2. The number of carboxylic acid groups (broad SMARTS) is 1. The summed E-state index contributed by atoms with van der Waals surface area (Å²) in [7, 11) is 0. The lowest BCUT2D eigenvalue weighted by atomic mass is 9.86. The lowest BCUT2D eigenvalue weighted by molar-refractivity contribution is -0.145. The van der Waals surface area contributed by atoms with Gasteiger partial charge in [0.25, 0.3) is 0 Å². The van der Waals surface area contributed by atoms with E-state index in [1.807, 2.05) is 0 Å². The third-order valence-electron chi connectivity index (χ3n) is 1.83. The van der Waals surface area contributed by atoms with Crippen LogP contribution in [0.4, 0.5) is 0 Å². The topological polar surface area (TPSA) is 83.5 Å². The molecular formula is C10H17NO4. The summed E-state index contributed by atoms with van der Waals surface area (Å²) in [6.07, 6.45) is -0.278. The summed E-state index contributed by atoms with van der Waals surface area (Å²) in [5.41, 5.74) is -0.585. The van der Waals surface area contributed by atoms with Crippen LogP contribution in [0.2, 0.25) is 0 Å². The number of carboxylic acids is 1. The molecule has 0 saturated carbocycles. The molecule has 5 heteroatoms. The number of aliphatic carboxylic acids is 1. The van der Waals surface area contributed by atoms with Crippen molar-refractivity contribution in [2.24, 2.45) is 5.41 Å². The van der Waals surface area contributed by atoms with Gasteiger partial charge in [-0.25, -0.2) is 4.79 Å². The van der Waals surface area contributed by atoms with E-state index in [2.05, 4.69) is 5.32 Å². The molecule has 0 rings (SSSR count). The van der Waals surface area contributed by atoms with E-state index < -0.39 is 23.3 Å². The van der Waals surface area contributed by atoms with Crippen molar-refractivity contribution in [3.05, 3.63) is 0 Å². The Bertz CT molecular complexity index is 278. The fourth-order valence-electron chi connectivity index (χ4n) is 1.09. The average Bonchev–Trinajstić information content (AvgIpc) is 1.95. The molecule has 0 aliphatic rings.